The highest BCUT2D eigenvalue weighted by atomic mass is 16.5. The minimum atomic E-state index is -0.696. The monoisotopic (exact) mass is 430 g/mol. The van der Waals surface area contributed by atoms with Crippen LogP contribution in [0.25, 0.3) is 0 Å². The summed E-state index contributed by atoms with van der Waals surface area (Å²) in [5.74, 6) is -0.696. The molecule has 1 aromatic carbocycles. The number of ether oxygens (including phenoxy) is 1. The molecular formula is C27H42O4. The van der Waals surface area contributed by atoms with Crippen LogP contribution in [-0.4, -0.2) is 23.1 Å². The largest absolute Gasteiger partial charge is 0.481 e. The Morgan fingerprint density at radius 2 is 1.68 bits per heavy atom. The number of unbranched alkanes of at least 4 members (excludes halogenated alkanes) is 6. The number of carboxylic acids is 1. The molecule has 174 valence electrons. The van der Waals surface area contributed by atoms with Gasteiger partial charge in [0.15, 0.2) is 0 Å². The molecule has 0 amide bonds. The summed E-state index contributed by atoms with van der Waals surface area (Å²) in [5, 5.41) is 9.18. The molecule has 31 heavy (non-hydrogen) atoms. The number of aliphatic carboxylic acids is 1. The molecule has 4 nitrogen and oxygen atoms in total. The molecule has 1 aliphatic carbocycles. The smallest absolute Gasteiger partial charge is 0.309 e. The molecule has 0 bridgehead atoms. The summed E-state index contributed by atoms with van der Waals surface area (Å²) in [6.07, 6.45) is 15.3. The zero-order valence-electron chi connectivity index (χ0n) is 19.9. The van der Waals surface area contributed by atoms with Crippen LogP contribution in [0.1, 0.15) is 108 Å². The molecule has 0 spiro atoms. The third kappa shape index (κ3) is 9.04. The van der Waals surface area contributed by atoms with Gasteiger partial charge in [0, 0.05) is 0 Å². The van der Waals surface area contributed by atoms with E-state index < -0.39 is 11.4 Å². The molecule has 1 aliphatic rings. The molecule has 4 heteroatoms. The van der Waals surface area contributed by atoms with Crippen LogP contribution in [0, 0.1) is 12.3 Å². The van der Waals surface area contributed by atoms with E-state index in [2.05, 4.69) is 25.1 Å². The quantitative estimate of drug-likeness (QED) is 0.218. The van der Waals surface area contributed by atoms with Gasteiger partial charge in [-0.15, -0.1) is 0 Å². The lowest BCUT2D eigenvalue weighted by Gasteiger charge is -2.18. The SMILES string of the molecule is Cc1ccc(CCCCCCC(C)(C)C(=O)O)cc1CCCCCCC1(OC=O)CC1. The number of carbonyl (C=O) groups is 2. The summed E-state index contributed by atoms with van der Waals surface area (Å²) in [4.78, 5) is 21.7. The van der Waals surface area contributed by atoms with Gasteiger partial charge in [-0.05, 0) is 95.2 Å². The van der Waals surface area contributed by atoms with Crippen molar-refractivity contribution in [3.8, 4) is 0 Å². The summed E-state index contributed by atoms with van der Waals surface area (Å²) in [6.45, 7) is 6.45. The number of aryl methyl sites for hydroxylation is 3. The normalized spacial score (nSPS) is 14.9. The molecule has 1 saturated carbocycles. The Kier molecular flexibility index (Phi) is 10.1. The molecule has 1 fully saturated rings. The van der Waals surface area contributed by atoms with E-state index in [1.807, 2.05) is 13.8 Å². The fraction of sp³-hybridized carbons (Fsp3) is 0.704. The van der Waals surface area contributed by atoms with Crippen LogP contribution in [-0.2, 0) is 27.2 Å². The van der Waals surface area contributed by atoms with E-state index in [0.717, 1.165) is 64.2 Å². The number of hydrogen-bond donors (Lipinski definition) is 1. The third-order valence-corrected chi connectivity index (χ3v) is 6.94. The van der Waals surface area contributed by atoms with Crippen molar-refractivity contribution >= 4 is 12.4 Å². The highest BCUT2D eigenvalue weighted by Gasteiger charge is 2.44. The molecule has 0 atom stereocenters. The van der Waals surface area contributed by atoms with Gasteiger partial charge in [0.25, 0.3) is 6.47 Å². The van der Waals surface area contributed by atoms with Gasteiger partial charge in [-0.3, -0.25) is 9.59 Å². The lowest BCUT2D eigenvalue weighted by molar-refractivity contribution is -0.147. The van der Waals surface area contributed by atoms with Crippen molar-refractivity contribution in [2.45, 2.75) is 116 Å². The molecule has 0 unspecified atom stereocenters. The first-order valence-corrected chi connectivity index (χ1v) is 12.2. The van der Waals surface area contributed by atoms with Gasteiger partial charge in [-0.25, -0.2) is 0 Å². The van der Waals surface area contributed by atoms with E-state index in [-0.39, 0.29) is 5.60 Å². The second-order valence-electron chi connectivity index (χ2n) is 10.2. The minimum Gasteiger partial charge on any atom is -0.481 e. The number of carboxylic acid groups (broad SMARTS) is 1. The summed E-state index contributed by atoms with van der Waals surface area (Å²) in [5.41, 5.74) is 3.58. The Hall–Kier alpha value is -1.84. The van der Waals surface area contributed by atoms with Crippen LogP contribution in [0.4, 0.5) is 0 Å². The predicted molar refractivity (Wildman–Crippen MR) is 125 cm³/mol. The Morgan fingerprint density at radius 3 is 2.32 bits per heavy atom. The van der Waals surface area contributed by atoms with Crippen molar-refractivity contribution in [2.75, 3.05) is 0 Å². The van der Waals surface area contributed by atoms with Gasteiger partial charge in [0.05, 0.1) is 5.41 Å². The molecule has 1 aromatic rings. The van der Waals surface area contributed by atoms with Crippen molar-refractivity contribution in [2.24, 2.45) is 5.41 Å². The summed E-state index contributed by atoms with van der Waals surface area (Å²) in [6, 6.07) is 6.90. The third-order valence-electron chi connectivity index (χ3n) is 6.94. The maximum Gasteiger partial charge on any atom is 0.309 e. The molecule has 0 saturated heterocycles. The van der Waals surface area contributed by atoms with Gasteiger partial charge in [0.1, 0.15) is 5.60 Å². The van der Waals surface area contributed by atoms with E-state index in [9.17, 15) is 14.7 Å². The van der Waals surface area contributed by atoms with Crippen LogP contribution in [0.5, 0.6) is 0 Å². The summed E-state index contributed by atoms with van der Waals surface area (Å²) >= 11 is 0. The lowest BCUT2D eigenvalue weighted by Crippen LogP contribution is -2.23. The van der Waals surface area contributed by atoms with Gasteiger partial charge < -0.3 is 9.84 Å². The molecule has 0 aliphatic heterocycles. The number of benzene rings is 1. The lowest BCUT2D eigenvalue weighted by atomic mass is 9.87. The Bertz CT molecular complexity index is 703. The zero-order valence-corrected chi connectivity index (χ0v) is 19.9. The van der Waals surface area contributed by atoms with Gasteiger partial charge >= 0.3 is 5.97 Å². The van der Waals surface area contributed by atoms with Crippen LogP contribution >= 0.6 is 0 Å². The zero-order chi connectivity index (χ0) is 22.7. The fourth-order valence-electron chi connectivity index (χ4n) is 4.29. The summed E-state index contributed by atoms with van der Waals surface area (Å²) < 4.78 is 5.22. The number of hydrogen-bond acceptors (Lipinski definition) is 3. The molecule has 0 aromatic heterocycles. The highest BCUT2D eigenvalue weighted by Crippen LogP contribution is 2.43. The van der Waals surface area contributed by atoms with E-state index in [1.165, 1.54) is 42.4 Å². The van der Waals surface area contributed by atoms with Gasteiger partial charge in [-0.1, -0.05) is 50.3 Å². The second kappa shape index (κ2) is 12.3. The topological polar surface area (TPSA) is 63.6 Å². The minimum absolute atomic E-state index is 0.0981. The van der Waals surface area contributed by atoms with Crippen LogP contribution in [0.3, 0.4) is 0 Å². The van der Waals surface area contributed by atoms with E-state index >= 15 is 0 Å². The maximum absolute atomic E-state index is 11.2. The molecular weight excluding hydrogens is 388 g/mol. The van der Waals surface area contributed by atoms with Crippen molar-refractivity contribution < 1.29 is 19.4 Å². The van der Waals surface area contributed by atoms with Crippen LogP contribution < -0.4 is 0 Å². The van der Waals surface area contributed by atoms with Crippen molar-refractivity contribution in [3.63, 3.8) is 0 Å². The first-order chi connectivity index (χ1) is 14.8. The molecule has 0 heterocycles. The van der Waals surface area contributed by atoms with Crippen LogP contribution in [0.15, 0.2) is 18.2 Å². The fourth-order valence-corrected chi connectivity index (χ4v) is 4.29. The van der Waals surface area contributed by atoms with Gasteiger partial charge in [-0.2, -0.15) is 0 Å². The number of rotatable bonds is 17. The van der Waals surface area contributed by atoms with Gasteiger partial charge in [0.2, 0.25) is 0 Å². The number of carbonyl (C=O) groups excluding carboxylic acids is 1. The van der Waals surface area contributed by atoms with Crippen molar-refractivity contribution in [1.82, 2.24) is 0 Å². The predicted octanol–water partition coefficient (Wildman–Crippen LogP) is 6.80. The second-order valence-corrected chi connectivity index (χ2v) is 10.2. The van der Waals surface area contributed by atoms with E-state index in [0.29, 0.717) is 6.47 Å². The standard InChI is InChI=1S/C27H42O4/c1-22-14-15-23(12-8-4-6-10-16-26(2,3)25(29)30)20-24(22)13-9-5-7-11-17-27(18-19-27)31-21-28/h14-15,20-21H,4-13,16-19H2,1-3H3,(H,29,30). The van der Waals surface area contributed by atoms with Crippen molar-refractivity contribution in [1.29, 1.82) is 0 Å². The average molecular weight is 431 g/mol. The van der Waals surface area contributed by atoms with Crippen molar-refractivity contribution in [3.05, 3.63) is 34.9 Å². The van der Waals surface area contributed by atoms with E-state index in [1.54, 1.807) is 0 Å². The first-order valence-electron chi connectivity index (χ1n) is 12.2. The Morgan fingerprint density at radius 1 is 1.03 bits per heavy atom. The Labute approximate surface area is 188 Å². The average Bonchev–Trinajstić information content (AvgIpc) is 3.48. The Balaban J connectivity index is 1.60. The summed E-state index contributed by atoms with van der Waals surface area (Å²) in [7, 11) is 0. The first kappa shape index (κ1) is 25.4. The van der Waals surface area contributed by atoms with E-state index in [4.69, 9.17) is 4.74 Å². The molecule has 0 radical (unpaired) electrons. The molecule has 1 N–H and O–H groups in total. The maximum atomic E-state index is 11.2. The highest BCUT2D eigenvalue weighted by molar-refractivity contribution is 5.73. The molecule has 2 rings (SSSR count). The van der Waals surface area contributed by atoms with Crippen LogP contribution in [0.2, 0.25) is 0 Å².